The van der Waals surface area contributed by atoms with E-state index in [2.05, 4.69) is 10.3 Å². The van der Waals surface area contributed by atoms with Crippen molar-refractivity contribution in [3.05, 3.63) is 33.9 Å². The van der Waals surface area contributed by atoms with Crippen molar-refractivity contribution in [2.45, 2.75) is 62.1 Å². The zero-order valence-electron chi connectivity index (χ0n) is 20.9. The van der Waals surface area contributed by atoms with E-state index in [1.54, 1.807) is 11.5 Å². The average molecular weight is 539 g/mol. The summed E-state index contributed by atoms with van der Waals surface area (Å²) in [6, 6.07) is 3.83. The fourth-order valence-corrected chi connectivity index (χ4v) is 6.84. The molecule has 5 N–H and O–H groups in total. The van der Waals surface area contributed by atoms with Gasteiger partial charge in [0.1, 0.15) is 11.3 Å². The second-order valence-electron chi connectivity index (χ2n) is 9.81. The summed E-state index contributed by atoms with van der Waals surface area (Å²) >= 11 is 0. The molecule has 1 fully saturated rings. The molecule has 3 rings (SSSR count). The Bertz CT molecular complexity index is 1170. The van der Waals surface area contributed by atoms with Crippen molar-refractivity contribution < 1.29 is 28.1 Å². The highest BCUT2D eigenvalue weighted by Crippen LogP contribution is 2.35. The number of sulfone groups is 1. The third kappa shape index (κ3) is 6.67. The van der Waals surface area contributed by atoms with Gasteiger partial charge in [-0.05, 0) is 55.6 Å². The van der Waals surface area contributed by atoms with Crippen LogP contribution < -0.4 is 16.5 Å². The van der Waals surface area contributed by atoms with Gasteiger partial charge < -0.3 is 21.1 Å². The minimum absolute atomic E-state index is 0.00513. The van der Waals surface area contributed by atoms with Crippen LogP contribution in [0.15, 0.2) is 28.1 Å². The van der Waals surface area contributed by atoms with Crippen molar-refractivity contribution in [2.75, 3.05) is 25.0 Å². The van der Waals surface area contributed by atoms with E-state index in [0.717, 1.165) is 5.56 Å². The molecule has 2 unspecified atom stereocenters. The Morgan fingerprint density at radius 1 is 1.35 bits per heavy atom. The lowest BCUT2D eigenvalue weighted by atomic mass is 9.92. The SMILES string of the molecule is CC1CNc2c(cccc2S(=O)(=O)C(CCCN=C(N)N[N+](=O)[O-])C(=O)N2CC[C@@H](C)C[C@@H]2C(=O)O)C1. The number of carbonyl (C=O) groups excluding carboxylic acids is 1. The van der Waals surface area contributed by atoms with Gasteiger partial charge in [0, 0.05) is 19.6 Å². The van der Waals surface area contributed by atoms with Crippen molar-refractivity contribution in [3.8, 4) is 0 Å². The number of para-hydroxylation sites is 1. The lowest BCUT2D eigenvalue weighted by Crippen LogP contribution is -2.54. The molecule has 4 atom stereocenters. The first-order valence-electron chi connectivity index (χ1n) is 12.3. The van der Waals surface area contributed by atoms with Crippen LogP contribution in [0.2, 0.25) is 0 Å². The highest BCUT2D eigenvalue weighted by Gasteiger charge is 2.43. The van der Waals surface area contributed by atoms with Crippen molar-refractivity contribution in [1.29, 1.82) is 0 Å². The van der Waals surface area contributed by atoms with Gasteiger partial charge in [-0.15, -0.1) is 0 Å². The van der Waals surface area contributed by atoms with Gasteiger partial charge in [-0.1, -0.05) is 31.4 Å². The maximum atomic E-state index is 14.0. The number of carboxylic acid groups (broad SMARTS) is 1. The number of carboxylic acids is 1. The van der Waals surface area contributed by atoms with Gasteiger partial charge in [-0.3, -0.25) is 4.79 Å². The first-order chi connectivity index (χ1) is 17.4. The third-order valence-corrected chi connectivity index (χ3v) is 8.95. The number of amides is 1. The molecule has 0 saturated carbocycles. The fraction of sp³-hybridized carbons (Fsp3) is 0.609. The number of nitrogens with two attached hydrogens (primary N) is 1. The van der Waals surface area contributed by atoms with Crippen LogP contribution in [0.4, 0.5) is 5.69 Å². The maximum absolute atomic E-state index is 14.0. The van der Waals surface area contributed by atoms with Crippen molar-refractivity contribution in [1.82, 2.24) is 10.3 Å². The van der Waals surface area contributed by atoms with Crippen LogP contribution in [-0.2, 0) is 25.8 Å². The number of likely N-dealkylation sites (tertiary alicyclic amines) is 1. The third-order valence-electron chi connectivity index (χ3n) is 6.81. The summed E-state index contributed by atoms with van der Waals surface area (Å²) in [7, 11) is -4.24. The number of anilines is 1. The Morgan fingerprint density at radius 2 is 2.08 bits per heavy atom. The van der Waals surface area contributed by atoms with Crippen LogP contribution in [0.25, 0.3) is 0 Å². The van der Waals surface area contributed by atoms with E-state index in [0.29, 0.717) is 31.0 Å². The summed E-state index contributed by atoms with van der Waals surface area (Å²) in [4.78, 5) is 41.2. The number of aliphatic imine (C=N–C) groups is 1. The lowest BCUT2D eigenvalue weighted by Gasteiger charge is -2.38. The number of aliphatic carboxylic acids is 1. The molecule has 13 nitrogen and oxygen atoms in total. The normalized spacial score (nSPS) is 22.9. The number of piperidine rings is 1. The zero-order valence-corrected chi connectivity index (χ0v) is 21.7. The van der Waals surface area contributed by atoms with E-state index in [1.807, 2.05) is 19.9 Å². The van der Waals surface area contributed by atoms with Crippen LogP contribution in [-0.4, -0.2) is 72.2 Å². The summed E-state index contributed by atoms with van der Waals surface area (Å²) in [6.07, 6.45) is 1.41. The van der Waals surface area contributed by atoms with E-state index in [4.69, 9.17) is 5.73 Å². The molecule has 2 aliphatic heterocycles. The van der Waals surface area contributed by atoms with Crippen LogP contribution in [0.3, 0.4) is 0 Å². The molecular weight excluding hydrogens is 504 g/mol. The summed E-state index contributed by atoms with van der Waals surface area (Å²) in [5.74, 6) is -1.99. The number of hydrogen-bond donors (Lipinski definition) is 4. The van der Waals surface area contributed by atoms with Crippen LogP contribution in [0.1, 0.15) is 45.1 Å². The Morgan fingerprint density at radius 3 is 2.76 bits per heavy atom. The minimum Gasteiger partial charge on any atom is -0.480 e. The van der Waals surface area contributed by atoms with Gasteiger partial charge in [0.15, 0.2) is 14.9 Å². The molecule has 1 saturated heterocycles. The summed E-state index contributed by atoms with van der Waals surface area (Å²) in [5, 5.41) is 21.0. The quantitative estimate of drug-likeness (QED) is 0.116. The van der Waals surface area contributed by atoms with Gasteiger partial charge in [0.2, 0.25) is 5.91 Å². The number of nitro groups is 1. The van der Waals surface area contributed by atoms with Crippen molar-refractivity contribution >= 4 is 33.4 Å². The Hall–Kier alpha value is -3.42. The number of nitrogens with one attached hydrogen (secondary N) is 2. The maximum Gasteiger partial charge on any atom is 0.326 e. The minimum atomic E-state index is -4.24. The Labute approximate surface area is 215 Å². The average Bonchev–Trinajstić information content (AvgIpc) is 2.82. The first kappa shape index (κ1) is 28.2. The molecule has 0 radical (unpaired) electrons. The molecular formula is C23H34N6O7S. The number of carbonyl (C=O) groups is 2. The number of benzene rings is 1. The molecule has 2 heterocycles. The Balaban J connectivity index is 1.94. The van der Waals surface area contributed by atoms with Gasteiger partial charge in [0.25, 0.3) is 5.96 Å². The highest BCUT2D eigenvalue weighted by atomic mass is 32.2. The molecule has 0 aliphatic carbocycles. The van der Waals surface area contributed by atoms with Crippen LogP contribution in [0.5, 0.6) is 0 Å². The second-order valence-corrected chi connectivity index (χ2v) is 11.9. The molecule has 1 aromatic carbocycles. The number of guanidine groups is 1. The molecule has 2 aliphatic rings. The molecule has 0 bridgehead atoms. The molecule has 1 aromatic rings. The summed E-state index contributed by atoms with van der Waals surface area (Å²) in [6.45, 7) is 4.61. The van der Waals surface area contributed by atoms with Crippen LogP contribution in [0, 0.1) is 22.0 Å². The highest BCUT2D eigenvalue weighted by molar-refractivity contribution is 7.93. The summed E-state index contributed by atoms with van der Waals surface area (Å²) < 4.78 is 28.0. The molecule has 1 amide bonds. The van der Waals surface area contributed by atoms with E-state index in [-0.39, 0.29) is 43.2 Å². The van der Waals surface area contributed by atoms with E-state index < -0.39 is 44.0 Å². The number of fused-ring (bicyclic) bond motifs is 1. The smallest absolute Gasteiger partial charge is 0.326 e. The molecule has 0 spiro atoms. The van der Waals surface area contributed by atoms with E-state index in [1.165, 1.54) is 11.0 Å². The van der Waals surface area contributed by atoms with Crippen molar-refractivity contribution in [2.24, 2.45) is 22.6 Å². The predicted octanol–water partition coefficient (Wildman–Crippen LogP) is 1.02. The van der Waals surface area contributed by atoms with Crippen molar-refractivity contribution in [3.63, 3.8) is 0 Å². The van der Waals surface area contributed by atoms with Gasteiger partial charge in [-0.25, -0.2) is 28.3 Å². The standard InChI is InChI=1S/C23H34N6O7S/c1-14-8-10-28(17(12-14)22(31)32)21(30)19(7-4-9-25-23(24)27-29(33)34)37(35,36)18-6-3-5-16-11-15(2)13-26-20(16)18/h3,5-6,14-15,17,19,26H,4,7-13H2,1-2H3,(H,31,32)(H3,24,25,27)/t14-,15?,17-,19?/m1/s1. The first-order valence-corrected chi connectivity index (χ1v) is 13.8. The molecule has 204 valence electrons. The molecule has 14 heteroatoms. The zero-order chi connectivity index (χ0) is 27.3. The molecule has 0 aromatic heterocycles. The number of rotatable bonds is 9. The number of nitrogens with zero attached hydrogens (tertiary/aromatic N) is 3. The lowest BCUT2D eigenvalue weighted by molar-refractivity contribution is -0.525. The summed E-state index contributed by atoms with van der Waals surface area (Å²) in [5.41, 5.74) is 8.44. The number of hydrazine groups is 1. The van der Waals surface area contributed by atoms with Gasteiger partial charge >= 0.3 is 5.97 Å². The fourth-order valence-electron chi connectivity index (χ4n) is 4.90. The van der Waals surface area contributed by atoms with Crippen LogP contribution >= 0.6 is 0 Å². The van der Waals surface area contributed by atoms with Gasteiger partial charge in [-0.2, -0.15) is 0 Å². The molecule has 37 heavy (non-hydrogen) atoms. The largest absolute Gasteiger partial charge is 0.480 e. The predicted molar refractivity (Wildman–Crippen MR) is 136 cm³/mol. The number of hydrogen-bond acceptors (Lipinski definition) is 8. The van der Waals surface area contributed by atoms with E-state index >= 15 is 0 Å². The van der Waals surface area contributed by atoms with Gasteiger partial charge in [0.05, 0.1) is 10.6 Å². The second kappa shape index (κ2) is 11.8. The topological polar surface area (TPSA) is 197 Å². The Kier molecular flexibility index (Phi) is 8.94. The monoisotopic (exact) mass is 538 g/mol. The van der Waals surface area contributed by atoms with E-state index in [9.17, 15) is 33.2 Å².